The molecule has 1 unspecified atom stereocenters. The van der Waals surface area contributed by atoms with E-state index in [1.807, 2.05) is 0 Å². The minimum Gasteiger partial charge on any atom is -0.383 e. The first kappa shape index (κ1) is 11.9. The van der Waals surface area contributed by atoms with Crippen molar-refractivity contribution in [3.63, 3.8) is 0 Å². The van der Waals surface area contributed by atoms with Crippen molar-refractivity contribution in [3.8, 4) is 0 Å². The molecule has 0 radical (unpaired) electrons. The zero-order valence-electron chi connectivity index (χ0n) is 8.27. The molecule has 1 atom stereocenters. The van der Waals surface area contributed by atoms with Gasteiger partial charge in [-0.25, -0.2) is 0 Å². The van der Waals surface area contributed by atoms with Gasteiger partial charge in [-0.2, -0.15) is 17.4 Å². The van der Waals surface area contributed by atoms with Gasteiger partial charge in [0.2, 0.25) is 0 Å². The molecule has 1 aliphatic heterocycles. The summed E-state index contributed by atoms with van der Waals surface area (Å²) in [5.74, 6) is 0. The van der Waals surface area contributed by atoms with Crippen molar-refractivity contribution < 1.29 is 13.2 Å². The van der Waals surface area contributed by atoms with Gasteiger partial charge in [-0.15, -0.1) is 0 Å². The molecule has 3 N–H and O–H groups in total. The number of hydrogen-bond acceptors (Lipinski definition) is 4. The molecule has 7 heteroatoms. The predicted octanol–water partition coefficient (Wildman–Crippen LogP) is -1.50. The maximum Gasteiger partial charge on any atom is 0.279 e. The molecule has 0 aromatic heterocycles. The van der Waals surface area contributed by atoms with Crippen LogP contribution < -0.4 is 10.5 Å². The molecule has 1 rings (SSSR count). The highest BCUT2D eigenvalue weighted by Crippen LogP contribution is 2.10. The fourth-order valence-corrected chi connectivity index (χ4v) is 2.59. The Balaban J connectivity index is 2.41. The molecule has 0 bridgehead atoms. The van der Waals surface area contributed by atoms with Crippen molar-refractivity contribution in [1.82, 2.24) is 9.03 Å². The van der Waals surface area contributed by atoms with Gasteiger partial charge < -0.3 is 10.5 Å². The summed E-state index contributed by atoms with van der Waals surface area (Å²) in [6.07, 6.45) is 0.727. The summed E-state index contributed by atoms with van der Waals surface area (Å²) in [5.41, 5.74) is 5.62. The predicted molar refractivity (Wildman–Crippen MR) is 53.0 cm³/mol. The zero-order chi connectivity index (χ0) is 10.6. The van der Waals surface area contributed by atoms with Crippen LogP contribution in [0.15, 0.2) is 0 Å². The average Bonchev–Trinajstić information content (AvgIpc) is 2.53. The number of hydrogen-bond donors (Lipinski definition) is 2. The standard InChI is InChI=1S/C7H17N3O3S/c1-13-5-3-9-14(11,12)10-4-2-7(8)6-10/h7,9H,2-6,8H2,1H3. The van der Waals surface area contributed by atoms with Crippen LogP contribution in [0.4, 0.5) is 0 Å². The number of ether oxygens (including phenoxy) is 1. The molecular formula is C7H17N3O3S. The molecule has 0 aromatic carbocycles. The summed E-state index contributed by atoms with van der Waals surface area (Å²) in [4.78, 5) is 0. The molecule has 1 aliphatic rings. The molecule has 1 fully saturated rings. The lowest BCUT2D eigenvalue weighted by Gasteiger charge is -2.16. The molecule has 84 valence electrons. The Labute approximate surface area is 84.6 Å². The first-order chi connectivity index (χ1) is 6.56. The van der Waals surface area contributed by atoms with Crippen molar-refractivity contribution in [1.29, 1.82) is 0 Å². The Kier molecular flexibility index (Phi) is 4.27. The quantitative estimate of drug-likeness (QED) is 0.556. The van der Waals surface area contributed by atoms with Crippen molar-refractivity contribution in [2.24, 2.45) is 5.73 Å². The second-order valence-corrected chi connectivity index (χ2v) is 5.05. The second kappa shape index (κ2) is 5.04. The lowest BCUT2D eigenvalue weighted by atomic mass is 10.3. The van der Waals surface area contributed by atoms with Crippen molar-refractivity contribution in [3.05, 3.63) is 0 Å². The van der Waals surface area contributed by atoms with Crippen molar-refractivity contribution in [2.75, 3.05) is 33.4 Å². The molecular weight excluding hydrogens is 206 g/mol. The first-order valence-corrected chi connectivity index (χ1v) is 5.99. The minimum atomic E-state index is -3.34. The molecule has 0 aromatic rings. The van der Waals surface area contributed by atoms with Crippen molar-refractivity contribution >= 4 is 10.2 Å². The summed E-state index contributed by atoms with van der Waals surface area (Å²) >= 11 is 0. The summed E-state index contributed by atoms with van der Waals surface area (Å²) in [6, 6.07) is -0.0333. The van der Waals surface area contributed by atoms with Gasteiger partial charge in [-0.05, 0) is 6.42 Å². The Hall–Kier alpha value is -0.210. The Morgan fingerprint density at radius 3 is 2.86 bits per heavy atom. The highest BCUT2D eigenvalue weighted by Gasteiger charge is 2.28. The SMILES string of the molecule is COCCNS(=O)(=O)N1CCC(N)C1. The van der Waals surface area contributed by atoms with Gasteiger partial charge in [0.25, 0.3) is 10.2 Å². The van der Waals surface area contributed by atoms with Crippen LogP contribution in [0, 0.1) is 0 Å². The van der Waals surface area contributed by atoms with Crippen LogP contribution >= 0.6 is 0 Å². The second-order valence-electron chi connectivity index (χ2n) is 3.30. The maximum atomic E-state index is 11.6. The largest absolute Gasteiger partial charge is 0.383 e. The fourth-order valence-electron chi connectivity index (χ4n) is 1.34. The fraction of sp³-hybridized carbons (Fsp3) is 1.00. The molecule has 0 saturated carbocycles. The van der Waals surface area contributed by atoms with Crippen LogP contribution in [-0.4, -0.2) is 52.1 Å². The van der Waals surface area contributed by atoms with Crippen LogP contribution in [0.25, 0.3) is 0 Å². The Bertz CT molecular complexity index is 267. The number of rotatable bonds is 5. The maximum absolute atomic E-state index is 11.6. The van der Waals surface area contributed by atoms with E-state index in [9.17, 15) is 8.42 Å². The van der Waals surface area contributed by atoms with Crippen molar-refractivity contribution in [2.45, 2.75) is 12.5 Å². The van der Waals surface area contributed by atoms with Crippen LogP contribution in [0.1, 0.15) is 6.42 Å². The minimum absolute atomic E-state index is 0.0333. The van der Waals surface area contributed by atoms with E-state index < -0.39 is 10.2 Å². The van der Waals surface area contributed by atoms with E-state index >= 15 is 0 Å². The lowest BCUT2D eigenvalue weighted by Crippen LogP contribution is -2.41. The van der Waals surface area contributed by atoms with E-state index in [1.54, 1.807) is 0 Å². The van der Waals surface area contributed by atoms with E-state index in [4.69, 9.17) is 10.5 Å². The van der Waals surface area contributed by atoms with Gasteiger partial charge in [-0.3, -0.25) is 0 Å². The number of nitrogens with zero attached hydrogens (tertiary/aromatic N) is 1. The number of methoxy groups -OCH3 is 1. The van der Waals surface area contributed by atoms with Gasteiger partial charge in [-0.1, -0.05) is 0 Å². The van der Waals surface area contributed by atoms with E-state index in [-0.39, 0.29) is 6.04 Å². The molecule has 6 nitrogen and oxygen atoms in total. The van der Waals surface area contributed by atoms with E-state index in [0.717, 1.165) is 6.42 Å². The van der Waals surface area contributed by atoms with Crippen LogP contribution in [0.5, 0.6) is 0 Å². The van der Waals surface area contributed by atoms with Gasteiger partial charge in [0.15, 0.2) is 0 Å². The molecule has 1 heterocycles. The van der Waals surface area contributed by atoms with Crippen LogP contribution in [-0.2, 0) is 14.9 Å². The zero-order valence-corrected chi connectivity index (χ0v) is 9.09. The molecule has 1 saturated heterocycles. The third-order valence-corrected chi connectivity index (χ3v) is 3.70. The third-order valence-electron chi connectivity index (χ3n) is 2.12. The lowest BCUT2D eigenvalue weighted by molar-refractivity contribution is 0.204. The monoisotopic (exact) mass is 223 g/mol. The molecule has 0 spiro atoms. The number of nitrogens with two attached hydrogens (primary N) is 1. The topological polar surface area (TPSA) is 84.7 Å². The number of nitrogens with one attached hydrogen (secondary N) is 1. The van der Waals surface area contributed by atoms with Gasteiger partial charge in [0.05, 0.1) is 6.61 Å². The van der Waals surface area contributed by atoms with Gasteiger partial charge in [0, 0.05) is 32.8 Å². The van der Waals surface area contributed by atoms with E-state index in [0.29, 0.717) is 26.2 Å². The molecule has 0 amide bonds. The first-order valence-electron chi connectivity index (χ1n) is 4.55. The third kappa shape index (κ3) is 3.18. The molecule has 0 aliphatic carbocycles. The smallest absolute Gasteiger partial charge is 0.279 e. The van der Waals surface area contributed by atoms with Crippen LogP contribution in [0.3, 0.4) is 0 Å². The average molecular weight is 223 g/mol. The summed E-state index contributed by atoms with van der Waals surface area (Å²) in [5, 5.41) is 0. The van der Waals surface area contributed by atoms with E-state index in [2.05, 4.69) is 4.72 Å². The van der Waals surface area contributed by atoms with Gasteiger partial charge in [0.1, 0.15) is 0 Å². The summed E-state index contributed by atoms with van der Waals surface area (Å²) in [6.45, 7) is 1.58. The summed E-state index contributed by atoms with van der Waals surface area (Å²) < 4.78 is 31.7. The molecule has 14 heavy (non-hydrogen) atoms. The highest BCUT2D eigenvalue weighted by molar-refractivity contribution is 7.87. The van der Waals surface area contributed by atoms with Gasteiger partial charge >= 0.3 is 0 Å². The Morgan fingerprint density at radius 1 is 1.64 bits per heavy atom. The van der Waals surface area contributed by atoms with E-state index in [1.165, 1.54) is 11.4 Å². The normalized spacial score (nSPS) is 24.3. The van der Waals surface area contributed by atoms with Crippen LogP contribution in [0.2, 0.25) is 0 Å². The summed E-state index contributed by atoms with van der Waals surface area (Å²) in [7, 11) is -1.81. The Morgan fingerprint density at radius 2 is 2.36 bits per heavy atom. The highest BCUT2D eigenvalue weighted by atomic mass is 32.2.